The highest BCUT2D eigenvalue weighted by molar-refractivity contribution is 5.00. The lowest BCUT2D eigenvalue weighted by Gasteiger charge is -2.25. The molecule has 0 saturated carbocycles. The molecule has 0 aromatic heterocycles. The molecule has 1 aliphatic heterocycles. The Balaban J connectivity index is 2.57. The molecule has 1 fully saturated rings. The van der Waals surface area contributed by atoms with E-state index in [0.29, 0.717) is 6.61 Å². The van der Waals surface area contributed by atoms with E-state index in [1.807, 2.05) is 13.8 Å². The molecule has 74 valence electrons. The lowest BCUT2D eigenvalue weighted by Crippen LogP contribution is -2.32. The van der Waals surface area contributed by atoms with Crippen molar-refractivity contribution >= 4 is 0 Å². The standard InChI is InChI=1S/C10H16O3/c1-4-8(11)9-7-12-10(5-2,6-3)13-9/h1,8-9,11H,5-7H2,2-3H3/t8-,9-/m1/s1. The second-order valence-corrected chi connectivity index (χ2v) is 3.20. The minimum Gasteiger partial charge on any atom is -0.378 e. The van der Waals surface area contributed by atoms with Crippen molar-refractivity contribution in [2.45, 2.75) is 44.7 Å². The average Bonchev–Trinajstić information content (AvgIpc) is 2.61. The zero-order valence-electron chi connectivity index (χ0n) is 8.12. The highest BCUT2D eigenvalue weighted by Gasteiger charge is 2.40. The number of hydrogen-bond acceptors (Lipinski definition) is 3. The van der Waals surface area contributed by atoms with Crippen LogP contribution < -0.4 is 0 Å². The van der Waals surface area contributed by atoms with Gasteiger partial charge in [0.05, 0.1) is 6.61 Å². The van der Waals surface area contributed by atoms with Crippen LogP contribution in [-0.2, 0) is 9.47 Å². The number of rotatable bonds is 3. The molecule has 1 saturated heterocycles. The van der Waals surface area contributed by atoms with Crippen molar-refractivity contribution in [3.63, 3.8) is 0 Å². The van der Waals surface area contributed by atoms with Gasteiger partial charge in [0.15, 0.2) is 5.79 Å². The molecular weight excluding hydrogens is 168 g/mol. The van der Waals surface area contributed by atoms with Gasteiger partial charge in [-0.3, -0.25) is 0 Å². The van der Waals surface area contributed by atoms with E-state index in [4.69, 9.17) is 15.9 Å². The highest BCUT2D eigenvalue weighted by Crippen LogP contribution is 2.31. The Hall–Kier alpha value is -0.560. The molecule has 1 rings (SSSR count). The van der Waals surface area contributed by atoms with Gasteiger partial charge in [-0.05, 0) is 12.8 Å². The van der Waals surface area contributed by atoms with Crippen molar-refractivity contribution in [3.05, 3.63) is 0 Å². The fourth-order valence-corrected chi connectivity index (χ4v) is 1.46. The zero-order valence-corrected chi connectivity index (χ0v) is 8.12. The Morgan fingerprint density at radius 2 is 2.23 bits per heavy atom. The molecule has 3 heteroatoms. The van der Waals surface area contributed by atoms with Gasteiger partial charge in [-0.25, -0.2) is 0 Å². The van der Waals surface area contributed by atoms with E-state index in [-0.39, 0.29) is 6.10 Å². The van der Waals surface area contributed by atoms with Gasteiger partial charge in [-0.2, -0.15) is 0 Å². The maximum atomic E-state index is 9.34. The van der Waals surface area contributed by atoms with Gasteiger partial charge in [-0.1, -0.05) is 19.8 Å². The van der Waals surface area contributed by atoms with E-state index in [2.05, 4.69) is 5.92 Å². The van der Waals surface area contributed by atoms with Crippen LogP contribution in [0.1, 0.15) is 26.7 Å². The van der Waals surface area contributed by atoms with Crippen molar-refractivity contribution < 1.29 is 14.6 Å². The first kappa shape index (κ1) is 10.5. The van der Waals surface area contributed by atoms with Gasteiger partial charge >= 0.3 is 0 Å². The van der Waals surface area contributed by atoms with Gasteiger partial charge in [-0.15, -0.1) is 6.42 Å². The first-order valence-electron chi connectivity index (χ1n) is 4.63. The number of terminal acetylenes is 1. The van der Waals surface area contributed by atoms with Crippen molar-refractivity contribution in [2.75, 3.05) is 6.61 Å². The smallest absolute Gasteiger partial charge is 0.168 e. The molecule has 1 N–H and O–H groups in total. The lowest BCUT2D eigenvalue weighted by atomic mass is 10.1. The monoisotopic (exact) mass is 184 g/mol. The minimum absolute atomic E-state index is 0.370. The average molecular weight is 184 g/mol. The third-order valence-corrected chi connectivity index (χ3v) is 2.48. The van der Waals surface area contributed by atoms with E-state index in [9.17, 15) is 5.11 Å². The first-order chi connectivity index (χ1) is 6.17. The number of aliphatic hydroxyl groups excluding tert-OH is 1. The van der Waals surface area contributed by atoms with E-state index < -0.39 is 11.9 Å². The van der Waals surface area contributed by atoms with Crippen LogP contribution in [0.3, 0.4) is 0 Å². The molecule has 3 nitrogen and oxygen atoms in total. The molecule has 0 bridgehead atoms. The summed E-state index contributed by atoms with van der Waals surface area (Å²) < 4.78 is 11.1. The fourth-order valence-electron chi connectivity index (χ4n) is 1.46. The normalized spacial score (nSPS) is 28.3. The van der Waals surface area contributed by atoms with E-state index in [1.54, 1.807) is 0 Å². The third-order valence-electron chi connectivity index (χ3n) is 2.48. The van der Waals surface area contributed by atoms with Crippen LogP contribution in [0.5, 0.6) is 0 Å². The predicted molar refractivity (Wildman–Crippen MR) is 49.0 cm³/mol. The molecule has 1 aliphatic rings. The summed E-state index contributed by atoms with van der Waals surface area (Å²) in [6, 6.07) is 0. The largest absolute Gasteiger partial charge is 0.378 e. The van der Waals surface area contributed by atoms with E-state index in [1.165, 1.54) is 0 Å². The first-order valence-corrected chi connectivity index (χ1v) is 4.63. The topological polar surface area (TPSA) is 38.7 Å². The van der Waals surface area contributed by atoms with Crippen LogP contribution in [0.4, 0.5) is 0 Å². The molecular formula is C10H16O3. The molecule has 0 aliphatic carbocycles. The maximum Gasteiger partial charge on any atom is 0.168 e. The Morgan fingerprint density at radius 1 is 1.62 bits per heavy atom. The van der Waals surface area contributed by atoms with Crippen LogP contribution in [0.25, 0.3) is 0 Å². The van der Waals surface area contributed by atoms with E-state index >= 15 is 0 Å². The van der Waals surface area contributed by atoms with Gasteiger partial charge in [0.25, 0.3) is 0 Å². The summed E-state index contributed by atoms with van der Waals surface area (Å²) in [7, 11) is 0. The molecule has 0 radical (unpaired) electrons. The summed E-state index contributed by atoms with van der Waals surface area (Å²) in [6.45, 7) is 4.37. The quantitative estimate of drug-likeness (QED) is 0.663. The molecule has 0 spiro atoms. The molecule has 0 unspecified atom stereocenters. The summed E-state index contributed by atoms with van der Waals surface area (Å²) in [5.41, 5.74) is 0. The molecule has 13 heavy (non-hydrogen) atoms. The fraction of sp³-hybridized carbons (Fsp3) is 0.800. The van der Waals surface area contributed by atoms with Gasteiger partial charge in [0, 0.05) is 0 Å². The number of hydrogen-bond donors (Lipinski definition) is 1. The lowest BCUT2D eigenvalue weighted by molar-refractivity contribution is -0.178. The van der Waals surface area contributed by atoms with Crippen LogP contribution >= 0.6 is 0 Å². The molecule has 0 aromatic carbocycles. The molecule has 0 amide bonds. The maximum absolute atomic E-state index is 9.34. The van der Waals surface area contributed by atoms with Crippen molar-refractivity contribution in [3.8, 4) is 12.3 Å². The molecule has 1 heterocycles. The van der Waals surface area contributed by atoms with Crippen LogP contribution in [0, 0.1) is 12.3 Å². The van der Waals surface area contributed by atoms with Crippen molar-refractivity contribution in [2.24, 2.45) is 0 Å². The number of ether oxygens (including phenoxy) is 2. The van der Waals surface area contributed by atoms with Crippen LogP contribution in [0.2, 0.25) is 0 Å². The van der Waals surface area contributed by atoms with Gasteiger partial charge in [0.1, 0.15) is 12.2 Å². The third kappa shape index (κ3) is 2.02. The Kier molecular flexibility index (Phi) is 3.32. The summed E-state index contributed by atoms with van der Waals surface area (Å²) in [5, 5.41) is 9.34. The number of aliphatic hydroxyl groups is 1. The van der Waals surface area contributed by atoms with Crippen molar-refractivity contribution in [1.82, 2.24) is 0 Å². The second kappa shape index (κ2) is 4.10. The minimum atomic E-state index is -0.861. The second-order valence-electron chi connectivity index (χ2n) is 3.20. The van der Waals surface area contributed by atoms with Crippen LogP contribution in [-0.4, -0.2) is 29.7 Å². The highest BCUT2D eigenvalue weighted by atomic mass is 16.7. The zero-order chi connectivity index (χ0) is 9.90. The van der Waals surface area contributed by atoms with Gasteiger partial charge in [0.2, 0.25) is 0 Å². The predicted octanol–water partition coefficient (Wildman–Crippen LogP) is 0.912. The summed E-state index contributed by atoms with van der Waals surface area (Å²) in [6.07, 6.45) is 5.41. The summed E-state index contributed by atoms with van der Waals surface area (Å²) in [5.74, 6) is 1.72. The van der Waals surface area contributed by atoms with Gasteiger partial charge < -0.3 is 14.6 Å². The SMILES string of the molecule is C#C[C@@H](O)[C@H]1COC(CC)(CC)O1. The summed E-state index contributed by atoms with van der Waals surface area (Å²) in [4.78, 5) is 0. The Labute approximate surface area is 79.0 Å². The molecule has 2 atom stereocenters. The Morgan fingerprint density at radius 3 is 2.62 bits per heavy atom. The Bertz CT molecular complexity index is 203. The summed E-state index contributed by atoms with van der Waals surface area (Å²) >= 11 is 0. The molecule has 0 aromatic rings. The van der Waals surface area contributed by atoms with Crippen LogP contribution in [0.15, 0.2) is 0 Å². The van der Waals surface area contributed by atoms with E-state index in [0.717, 1.165) is 12.8 Å². The van der Waals surface area contributed by atoms with Crippen molar-refractivity contribution in [1.29, 1.82) is 0 Å².